The SMILES string of the molecule is CC1(C)OB(c2ccc3c(c2)c2cc4oc5ccccc5c4cc2n3-c2ccccc2)OC1(C)C. The first-order valence-corrected chi connectivity index (χ1v) is 12.1. The van der Waals surface area contributed by atoms with Gasteiger partial charge in [-0.3, -0.25) is 0 Å². The first-order chi connectivity index (χ1) is 16.8. The van der Waals surface area contributed by atoms with Crippen LogP contribution in [0.1, 0.15) is 27.7 Å². The molecule has 0 N–H and O–H groups in total. The molecule has 7 rings (SSSR count). The van der Waals surface area contributed by atoms with Gasteiger partial charge in [-0.25, -0.2) is 0 Å². The molecule has 0 spiro atoms. The molecule has 4 aromatic carbocycles. The highest BCUT2D eigenvalue weighted by atomic mass is 16.7. The van der Waals surface area contributed by atoms with E-state index in [1.165, 1.54) is 0 Å². The Labute approximate surface area is 204 Å². The van der Waals surface area contributed by atoms with Crippen LogP contribution in [-0.2, 0) is 9.31 Å². The summed E-state index contributed by atoms with van der Waals surface area (Å²) in [5.41, 5.74) is 5.47. The lowest BCUT2D eigenvalue weighted by atomic mass is 9.78. The second kappa shape index (κ2) is 7.00. The van der Waals surface area contributed by atoms with Crippen LogP contribution >= 0.6 is 0 Å². The summed E-state index contributed by atoms with van der Waals surface area (Å²) in [6.07, 6.45) is 0. The molecule has 2 aromatic heterocycles. The Morgan fingerprint density at radius 2 is 1.29 bits per heavy atom. The van der Waals surface area contributed by atoms with Gasteiger partial charge in [-0.05, 0) is 69.6 Å². The van der Waals surface area contributed by atoms with Gasteiger partial charge < -0.3 is 18.3 Å². The average Bonchev–Trinajstić information content (AvgIpc) is 3.44. The zero-order valence-electron chi connectivity index (χ0n) is 20.3. The quantitative estimate of drug-likeness (QED) is 0.262. The van der Waals surface area contributed by atoms with E-state index >= 15 is 0 Å². The first-order valence-electron chi connectivity index (χ1n) is 12.1. The van der Waals surface area contributed by atoms with Crippen LogP contribution < -0.4 is 5.46 Å². The van der Waals surface area contributed by atoms with E-state index in [0.717, 1.165) is 54.9 Å². The van der Waals surface area contributed by atoms with Crippen LogP contribution in [0.15, 0.2) is 89.3 Å². The molecule has 0 unspecified atom stereocenters. The fourth-order valence-corrected chi connectivity index (χ4v) is 5.24. The van der Waals surface area contributed by atoms with E-state index in [4.69, 9.17) is 13.7 Å². The number of aromatic nitrogens is 1. The van der Waals surface area contributed by atoms with Gasteiger partial charge in [0.05, 0.1) is 22.2 Å². The number of hydrogen-bond donors (Lipinski definition) is 0. The van der Waals surface area contributed by atoms with Gasteiger partial charge in [-0.15, -0.1) is 0 Å². The van der Waals surface area contributed by atoms with Crippen LogP contribution in [0.25, 0.3) is 49.4 Å². The Balaban J connectivity index is 1.53. The Bertz CT molecular complexity index is 1740. The zero-order valence-corrected chi connectivity index (χ0v) is 20.3. The van der Waals surface area contributed by atoms with Crippen LogP contribution in [0.2, 0.25) is 0 Å². The van der Waals surface area contributed by atoms with E-state index in [-0.39, 0.29) is 11.2 Å². The molecular weight excluding hydrogens is 433 g/mol. The highest BCUT2D eigenvalue weighted by molar-refractivity contribution is 6.62. The summed E-state index contributed by atoms with van der Waals surface area (Å²) in [5, 5.41) is 4.55. The highest BCUT2D eigenvalue weighted by Gasteiger charge is 2.51. The number of furan rings is 1. The smallest absolute Gasteiger partial charge is 0.456 e. The van der Waals surface area contributed by atoms with Crippen molar-refractivity contribution in [1.82, 2.24) is 4.57 Å². The predicted molar refractivity (Wildman–Crippen MR) is 144 cm³/mol. The van der Waals surface area contributed by atoms with Crippen molar-refractivity contribution in [2.24, 2.45) is 0 Å². The highest BCUT2D eigenvalue weighted by Crippen LogP contribution is 2.39. The molecule has 1 saturated heterocycles. The van der Waals surface area contributed by atoms with Crippen molar-refractivity contribution < 1.29 is 13.7 Å². The van der Waals surface area contributed by atoms with Crippen molar-refractivity contribution in [3.8, 4) is 5.69 Å². The van der Waals surface area contributed by atoms with E-state index in [1.807, 2.05) is 12.1 Å². The molecule has 0 saturated carbocycles. The summed E-state index contributed by atoms with van der Waals surface area (Å²) in [6, 6.07) is 29.7. The number of nitrogens with zero attached hydrogens (tertiary/aromatic N) is 1. The van der Waals surface area contributed by atoms with Crippen LogP contribution in [0.5, 0.6) is 0 Å². The lowest BCUT2D eigenvalue weighted by Gasteiger charge is -2.32. The van der Waals surface area contributed by atoms with Crippen molar-refractivity contribution in [2.45, 2.75) is 38.9 Å². The van der Waals surface area contributed by atoms with Gasteiger partial charge >= 0.3 is 7.12 Å². The third-order valence-electron chi connectivity index (χ3n) is 7.83. The Morgan fingerprint density at radius 3 is 2.06 bits per heavy atom. The standard InChI is InChI=1S/C30H26BNO3/c1-29(2)30(3,4)35-31(34-29)19-14-15-25-22(16-19)23-18-28-24(21-12-8-9-13-27(21)33-28)17-26(23)32(25)20-10-6-5-7-11-20/h5-18H,1-4H3. The van der Waals surface area contributed by atoms with Crippen LogP contribution in [0.4, 0.5) is 0 Å². The van der Waals surface area contributed by atoms with Crippen LogP contribution in [-0.4, -0.2) is 22.9 Å². The maximum Gasteiger partial charge on any atom is 0.494 e. The van der Waals surface area contributed by atoms with E-state index in [1.54, 1.807) is 0 Å². The minimum Gasteiger partial charge on any atom is -0.456 e. The van der Waals surface area contributed by atoms with Crippen molar-refractivity contribution >= 4 is 56.3 Å². The van der Waals surface area contributed by atoms with E-state index < -0.39 is 7.12 Å². The number of hydrogen-bond acceptors (Lipinski definition) is 3. The Hall–Kier alpha value is -3.54. The molecular formula is C30H26BNO3. The van der Waals surface area contributed by atoms with Crippen molar-refractivity contribution in [3.63, 3.8) is 0 Å². The lowest BCUT2D eigenvalue weighted by Crippen LogP contribution is -2.41. The molecule has 1 aliphatic heterocycles. The molecule has 172 valence electrons. The van der Waals surface area contributed by atoms with E-state index in [9.17, 15) is 0 Å². The molecule has 0 amide bonds. The number of fused-ring (bicyclic) bond motifs is 6. The van der Waals surface area contributed by atoms with Gasteiger partial charge in [0.2, 0.25) is 0 Å². The van der Waals surface area contributed by atoms with Gasteiger partial charge in [0.15, 0.2) is 0 Å². The van der Waals surface area contributed by atoms with Crippen molar-refractivity contribution in [2.75, 3.05) is 0 Å². The predicted octanol–water partition coefficient (Wildman–Crippen LogP) is 6.98. The summed E-state index contributed by atoms with van der Waals surface area (Å²) < 4.78 is 21.3. The number of para-hydroxylation sites is 2. The van der Waals surface area contributed by atoms with Gasteiger partial charge in [-0.2, -0.15) is 0 Å². The van der Waals surface area contributed by atoms with Gasteiger partial charge in [0.25, 0.3) is 0 Å². The molecule has 1 fully saturated rings. The largest absolute Gasteiger partial charge is 0.494 e. The fraction of sp³-hybridized carbons (Fsp3) is 0.200. The van der Waals surface area contributed by atoms with E-state index in [2.05, 4.69) is 105 Å². The second-order valence-electron chi connectivity index (χ2n) is 10.5. The maximum absolute atomic E-state index is 6.37. The molecule has 4 nitrogen and oxygen atoms in total. The lowest BCUT2D eigenvalue weighted by molar-refractivity contribution is 0.00578. The van der Waals surface area contributed by atoms with Gasteiger partial charge in [-0.1, -0.05) is 48.5 Å². The van der Waals surface area contributed by atoms with Crippen molar-refractivity contribution in [1.29, 1.82) is 0 Å². The summed E-state index contributed by atoms with van der Waals surface area (Å²) in [5.74, 6) is 0. The zero-order chi connectivity index (χ0) is 23.9. The average molecular weight is 459 g/mol. The molecule has 35 heavy (non-hydrogen) atoms. The minimum absolute atomic E-state index is 0.384. The summed E-state index contributed by atoms with van der Waals surface area (Å²) >= 11 is 0. The molecule has 3 heterocycles. The van der Waals surface area contributed by atoms with Crippen LogP contribution in [0, 0.1) is 0 Å². The Morgan fingerprint density at radius 1 is 0.600 bits per heavy atom. The van der Waals surface area contributed by atoms with Gasteiger partial charge in [0.1, 0.15) is 11.2 Å². The summed E-state index contributed by atoms with van der Waals surface area (Å²) in [7, 11) is -0.408. The first kappa shape index (κ1) is 20.8. The topological polar surface area (TPSA) is 36.5 Å². The molecule has 0 atom stereocenters. The summed E-state index contributed by atoms with van der Waals surface area (Å²) in [4.78, 5) is 0. The monoisotopic (exact) mass is 459 g/mol. The van der Waals surface area contributed by atoms with Crippen molar-refractivity contribution in [3.05, 3.63) is 84.9 Å². The normalized spacial score (nSPS) is 17.3. The molecule has 0 radical (unpaired) electrons. The second-order valence-corrected chi connectivity index (χ2v) is 10.5. The minimum atomic E-state index is -0.408. The molecule has 6 aromatic rings. The Kier molecular flexibility index (Phi) is 4.16. The molecule has 5 heteroatoms. The summed E-state index contributed by atoms with van der Waals surface area (Å²) in [6.45, 7) is 8.35. The number of rotatable bonds is 2. The van der Waals surface area contributed by atoms with Gasteiger partial charge in [0, 0.05) is 27.2 Å². The maximum atomic E-state index is 6.37. The van der Waals surface area contributed by atoms with Crippen LogP contribution in [0.3, 0.4) is 0 Å². The third-order valence-corrected chi connectivity index (χ3v) is 7.83. The fourth-order valence-electron chi connectivity index (χ4n) is 5.24. The molecule has 0 aliphatic carbocycles. The molecule has 1 aliphatic rings. The third kappa shape index (κ3) is 2.95. The van der Waals surface area contributed by atoms with E-state index in [0.29, 0.717) is 0 Å². The number of benzene rings is 4. The molecule has 0 bridgehead atoms.